The molecule has 0 fully saturated rings. The number of allylic oxidation sites excluding steroid dienone is 5. The van der Waals surface area contributed by atoms with Gasteiger partial charge in [-0.1, -0.05) is 36.9 Å². The van der Waals surface area contributed by atoms with Crippen molar-refractivity contribution in [2.45, 2.75) is 13.8 Å². The Morgan fingerprint density at radius 3 is 2.73 bits per heavy atom. The highest BCUT2D eigenvalue weighted by atomic mass is 16.3. The smallest absolute Gasteiger partial charge is 0.135 e. The molecule has 2 rings (SSSR count). The first-order valence-corrected chi connectivity index (χ1v) is 7.28. The third-order valence-corrected chi connectivity index (χ3v) is 3.44. The molecule has 0 radical (unpaired) electrons. The molecule has 22 heavy (non-hydrogen) atoms. The Morgan fingerprint density at radius 1 is 1.23 bits per heavy atom. The first kappa shape index (κ1) is 15.8. The summed E-state index contributed by atoms with van der Waals surface area (Å²) in [5.41, 5.74) is 3.85. The Kier molecular flexibility index (Phi) is 5.31. The van der Waals surface area contributed by atoms with E-state index in [1.807, 2.05) is 56.4 Å². The summed E-state index contributed by atoms with van der Waals surface area (Å²) in [4.78, 5) is 3.91. The van der Waals surface area contributed by atoms with Gasteiger partial charge in [0.05, 0.1) is 0 Å². The fourth-order valence-electron chi connectivity index (χ4n) is 2.18. The minimum Gasteiger partial charge on any atom is -0.456 e. The fourth-order valence-corrected chi connectivity index (χ4v) is 2.18. The van der Waals surface area contributed by atoms with E-state index in [0.717, 1.165) is 32.7 Å². The first-order chi connectivity index (χ1) is 10.7. The van der Waals surface area contributed by atoms with Crippen LogP contribution in [0, 0.1) is 0 Å². The number of rotatable bonds is 4. The van der Waals surface area contributed by atoms with E-state index in [0.29, 0.717) is 0 Å². The van der Waals surface area contributed by atoms with Crippen molar-refractivity contribution in [3.8, 4) is 0 Å². The maximum Gasteiger partial charge on any atom is 0.135 e. The Balaban J connectivity index is 2.47. The second kappa shape index (κ2) is 7.41. The molecule has 0 spiro atoms. The molecule has 0 unspecified atom stereocenters. The van der Waals surface area contributed by atoms with Gasteiger partial charge in [-0.3, -0.25) is 4.99 Å². The van der Waals surface area contributed by atoms with Gasteiger partial charge in [0.1, 0.15) is 11.0 Å². The summed E-state index contributed by atoms with van der Waals surface area (Å²) in [6.07, 6.45) is 11.7. The summed E-state index contributed by atoms with van der Waals surface area (Å²) in [6.45, 7) is 8.19. The zero-order valence-electron chi connectivity index (χ0n) is 13.3. The molecule has 1 heterocycles. The summed E-state index contributed by atoms with van der Waals surface area (Å²) in [6, 6.07) is 8.06. The lowest BCUT2D eigenvalue weighted by Crippen LogP contribution is -2.19. The molecule has 2 nitrogen and oxygen atoms in total. The lowest BCUT2D eigenvalue weighted by atomic mass is 10.1. The van der Waals surface area contributed by atoms with E-state index in [1.54, 1.807) is 13.3 Å². The molecule has 0 aliphatic rings. The van der Waals surface area contributed by atoms with Crippen molar-refractivity contribution >= 4 is 29.3 Å². The Morgan fingerprint density at radius 2 is 2.00 bits per heavy atom. The minimum absolute atomic E-state index is 0.879. The largest absolute Gasteiger partial charge is 0.456 e. The van der Waals surface area contributed by atoms with Crippen LogP contribution in [0.1, 0.15) is 13.8 Å². The fraction of sp³-hybridized carbons (Fsp3) is 0.150. The molecule has 2 heteroatoms. The average Bonchev–Trinajstić information content (AvgIpc) is 2.89. The van der Waals surface area contributed by atoms with Crippen LogP contribution in [-0.2, 0) is 0 Å². The zero-order valence-corrected chi connectivity index (χ0v) is 13.3. The number of hydrogen-bond acceptors (Lipinski definition) is 2. The number of nitrogens with zero attached hydrogens (tertiary/aromatic N) is 1. The van der Waals surface area contributed by atoms with Gasteiger partial charge in [0.15, 0.2) is 0 Å². The van der Waals surface area contributed by atoms with E-state index in [-0.39, 0.29) is 0 Å². The summed E-state index contributed by atoms with van der Waals surface area (Å²) in [5, 5.41) is 2.19. The van der Waals surface area contributed by atoms with Crippen LogP contribution < -0.4 is 10.6 Å². The Bertz CT molecular complexity index is 876. The normalized spacial score (nSPS) is 14.8. The molecule has 1 aromatic carbocycles. The van der Waals surface area contributed by atoms with Crippen molar-refractivity contribution in [2.75, 3.05) is 7.05 Å². The standard InChI is InChI=1S/C20H21NO/c1-5-19-18(17-11-6-7-12-20(17)22-19)14-16(3)15(2)10-8-9-13-21-4/h5-14H,3H2,1-2,4H3/b9-8-,15-10+,18-14-,19-5?,21-13?. The lowest BCUT2D eigenvalue weighted by Gasteiger charge is -1.97. The molecule has 0 aliphatic carbocycles. The Labute approximate surface area is 131 Å². The monoisotopic (exact) mass is 291 g/mol. The molecule has 112 valence electrons. The van der Waals surface area contributed by atoms with E-state index < -0.39 is 0 Å². The highest BCUT2D eigenvalue weighted by Crippen LogP contribution is 2.11. The lowest BCUT2D eigenvalue weighted by molar-refractivity contribution is 0.575. The van der Waals surface area contributed by atoms with E-state index in [9.17, 15) is 0 Å². The summed E-state index contributed by atoms with van der Waals surface area (Å²) >= 11 is 0. The van der Waals surface area contributed by atoms with Crippen LogP contribution in [0.2, 0.25) is 0 Å². The van der Waals surface area contributed by atoms with Crippen molar-refractivity contribution in [1.29, 1.82) is 0 Å². The van der Waals surface area contributed by atoms with Crippen LogP contribution in [0.15, 0.2) is 69.6 Å². The molecule has 0 amide bonds. The summed E-state index contributed by atoms with van der Waals surface area (Å²) < 4.78 is 5.86. The zero-order chi connectivity index (χ0) is 15.9. The van der Waals surface area contributed by atoms with Crippen molar-refractivity contribution in [2.24, 2.45) is 4.99 Å². The molecular weight excluding hydrogens is 270 g/mol. The number of furan rings is 1. The number of benzene rings is 1. The maximum atomic E-state index is 5.86. The van der Waals surface area contributed by atoms with E-state index in [1.165, 1.54) is 0 Å². The van der Waals surface area contributed by atoms with Gasteiger partial charge in [0.25, 0.3) is 0 Å². The van der Waals surface area contributed by atoms with Crippen molar-refractivity contribution in [3.63, 3.8) is 0 Å². The van der Waals surface area contributed by atoms with Gasteiger partial charge < -0.3 is 4.42 Å². The van der Waals surface area contributed by atoms with Crippen molar-refractivity contribution < 1.29 is 4.42 Å². The molecule has 0 atom stereocenters. The number of hydrogen-bond donors (Lipinski definition) is 0. The van der Waals surface area contributed by atoms with Crippen molar-refractivity contribution in [1.82, 2.24) is 0 Å². The van der Waals surface area contributed by atoms with Gasteiger partial charge in [-0.2, -0.15) is 0 Å². The topological polar surface area (TPSA) is 25.5 Å². The van der Waals surface area contributed by atoms with E-state index in [2.05, 4.69) is 23.7 Å². The highest BCUT2D eigenvalue weighted by Gasteiger charge is 2.02. The number of para-hydroxylation sites is 1. The molecule has 0 saturated carbocycles. The van der Waals surface area contributed by atoms with Crippen LogP contribution in [0.3, 0.4) is 0 Å². The Hall–Kier alpha value is -2.61. The second-order valence-electron chi connectivity index (χ2n) is 4.98. The third-order valence-electron chi connectivity index (χ3n) is 3.44. The van der Waals surface area contributed by atoms with Gasteiger partial charge in [-0.25, -0.2) is 0 Å². The molecule has 0 bridgehead atoms. The van der Waals surface area contributed by atoms with Gasteiger partial charge in [0.2, 0.25) is 0 Å². The van der Waals surface area contributed by atoms with E-state index >= 15 is 0 Å². The van der Waals surface area contributed by atoms with Gasteiger partial charge in [-0.15, -0.1) is 0 Å². The van der Waals surface area contributed by atoms with E-state index in [4.69, 9.17) is 4.42 Å². The SMILES string of the molecule is C=C(/C=c1\c(=CC)oc2ccccc12)/C(C)=C/C=C\C=NC. The van der Waals surface area contributed by atoms with Crippen LogP contribution in [-0.4, -0.2) is 13.3 Å². The van der Waals surface area contributed by atoms with Crippen LogP contribution in [0.4, 0.5) is 0 Å². The predicted molar refractivity (Wildman–Crippen MR) is 96.5 cm³/mol. The summed E-state index contributed by atoms with van der Waals surface area (Å²) in [5.74, 6) is 0. The molecular formula is C20H21NO. The third kappa shape index (κ3) is 3.53. The molecule has 1 aromatic heterocycles. The van der Waals surface area contributed by atoms with Crippen LogP contribution >= 0.6 is 0 Å². The van der Waals surface area contributed by atoms with Crippen LogP contribution in [0.5, 0.6) is 0 Å². The maximum absolute atomic E-state index is 5.86. The van der Waals surface area contributed by atoms with Gasteiger partial charge >= 0.3 is 0 Å². The highest BCUT2D eigenvalue weighted by molar-refractivity contribution is 5.80. The molecule has 0 aliphatic heterocycles. The molecule has 0 saturated heterocycles. The quantitative estimate of drug-likeness (QED) is 0.622. The van der Waals surface area contributed by atoms with Crippen LogP contribution in [0.25, 0.3) is 23.1 Å². The average molecular weight is 291 g/mol. The van der Waals surface area contributed by atoms with Crippen molar-refractivity contribution in [3.05, 3.63) is 70.9 Å². The first-order valence-electron chi connectivity index (χ1n) is 7.28. The number of aliphatic imine (C=N–C) groups is 1. The molecule has 0 N–H and O–H groups in total. The number of fused-ring (bicyclic) bond motifs is 1. The van der Waals surface area contributed by atoms with Gasteiger partial charge in [0, 0.05) is 23.9 Å². The summed E-state index contributed by atoms with van der Waals surface area (Å²) in [7, 11) is 1.75. The second-order valence-corrected chi connectivity index (χ2v) is 4.98. The molecule has 2 aromatic rings. The minimum atomic E-state index is 0.879. The predicted octanol–water partition coefficient (Wildman–Crippen LogP) is 3.77. The van der Waals surface area contributed by atoms with Gasteiger partial charge in [-0.05, 0) is 49.3 Å².